The summed E-state index contributed by atoms with van der Waals surface area (Å²) in [6, 6.07) is 7.16. The zero-order chi connectivity index (χ0) is 27.4. The van der Waals surface area contributed by atoms with Gasteiger partial charge < -0.3 is 20.6 Å². The molecule has 2 saturated heterocycles. The minimum Gasteiger partial charge on any atom is -0.481 e. The van der Waals surface area contributed by atoms with Crippen molar-refractivity contribution in [2.75, 3.05) is 31.1 Å². The van der Waals surface area contributed by atoms with Crippen molar-refractivity contribution in [3.8, 4) is 11.4 Å². The molecule has 3 aliphatic rings. The maximum absolute atomic E-state index is 12.5. The fraction of sp³-hybridized carbons (Fsp3) is 0.613. The molecule has 2 aromatic rings. The molecule has 1 aliphatic carbocycles. The summed E-state index contributed by atoms with van der Waals surface area (Å²) in [5.74, 6) is 1.93. The van der Waals surface area contributed by atoms with Crippen LogP contribution in [0.5, 0.6) is 0 Å². The highest BCUT2D eigenvalue weighted by Crippen LogP contribution is 2.39. The van der Waals surface area contributed by atoms with Crippen LogP contribution in [0, 0.1) is 23.7 Å². The first kappa shape index (κ1) is 27.6. The van der Waals surface area contributed by atoms with E-state index in [1.807, 2.05) is 36.7 Å². The minimum atomic E-state index is -0.863. The van der Waals surface area contributed by atoms with E-state index in [0.717, 1.165) is 47.7 Å². The van der Waals surface area contributed by atoms with Gasteiger partial charge in [-0.1, -0.05) is 56.9 Å². The van der Waals surface area contributed by atoms with Crippen LogP contribution in [0.25, 0.3) is 11.4 Å². The molecule has 8 heteroatoms. The number of nitrogens with two attached hydrogens (primary N) is 1. The summed E-state index contributed by atoms with van der Waals surface area (Å²) < 4.78 is 0. The third-order valence-electron chi connectivity index (χ3n) is 9.33. The van der Waals surface area contributed by atoms with E-state index in [1.54, 1.807) is 0 Å². The summed E-state index contributed by atoms with van der Waals surface area (Å²) in [5.41, 5.74) is 9.09. The summed E-state index contributed by atoms with van der Waals surface area (Å²) in [4.78, 5) is 36.7. The summed E-state index contributed by atoms with van der Waals surface area (Å²) in [5, 5.41) is 9.00. The number of hydrogen-bond donors (Lipinski definition) is 2. The number of rotatable bonds is 9. The topological polar surface area (TPSA) is 113 Å². The van der Waals surface area contributed by atoms with Gasteiger partial charge in [-0.05, 0) is 55.4 Å². The average Bonchev–Trinajstić information content (AvgIpc) is 2.93. The van der Waals surface area contributed by atoms with Crippen LogP contribution < -0.4 is 10.6 Å². The van der Waals surface area contributed by atoms with Crippen LogP contribution in [0.4, 0.5) is 5.69 Å². The highest BCUT2D eigenvalue weighted by atomic mass is 16.4. The van der Waals surface area contributed by atoms with Gasteiger partial charge in [0.1, 0.15) is 0 Å². The number of aromatic nitrogens is 2. The number of amides is 1. The molecule has 8 nitrogen and oxygen atoms in total. The molecule has 0 bridgehead atoms. The maximum Gasteiger partial charge on any atom is 0.310 e. The van der Waals surface area contributed by atoms with Crippen LogP contribution in [0.3, 0.4) is 0 Å². The summed E-state index contributed by atoms with van der Waals surface area (Å²) in [6.45, 7) is 4.97. The second kappa shape index (κ2) is 12.5. The molecule has 3 fully saturated rings. The number of anilines is 1. The van der Waals surface area contributed by atoms with Gasteiger partial charge in [0.25, 0.3) is 0 Å². The molecule has 0 spiro atoms. The van der Waals surface area contributed by atoms with Crippen LogP contribution in [0.15, 0.2) is 36.7 Å². The molecule has 0 radical (unpaired) electrons. The predicted molar refractivity (Wildman–Crippen MR) is 152 cm³/mol. The summed E-state index contributed by atoms with van der Waals surface area (Å²) in [6.07, 6.45) is 15.3. The quantitative estimate of drug-likeness (QED) is 0.492. The molecule has 3 N–H and O–H groups in total. The smallest absolute Gasteiger partial charge is 0.310 e. The third-order valence-corrected chi connectivity index (χ3v) is 9.33. The number of carbonyl (C=O) groups is 2. The Bertz CT molecular complexity index is 1100. The van der Waals surface area contributed by atoms with Crippen molar-refractivity contribution in [1.29, 1.82) is 0 Å². The molecule has 1 amide bonds. The lowest BCUT2D eigenvalue weighted by Crippen LogP contribution is -2.57. The van der Waals surface area contributed by atoms with Crippen molar-refractivity contribution < 1.29 is 14.7 Å². The fourth-order valence-corrected chi connectivity index (χ4v) is 6.80. The Hall–Kier alpha value is -3.00. The third kappa shape index (κ3) is 6.60. The SMILES string of the molecule is CCCC1CCC(C2CCN(c3cnc(-c4ccc(C[C@H](N)C(=O)N5CC(C(=O)O)C5)cc4)nc3)CC2)CC1. The highest BCUT2D eigenvalue weighted by Gasteiger charge is 2.37. The molecule has 0 unspecified atom stereocenters. The van der Waals surface area contributed by atoms with Gasteiger partial charge >= 0.3 is 5.97 Å². The first-order valence-electron chi connectivity index (χ1n) is 14.8. The number of carboxylic acid groups (broad SMARTS) is 1. The van der Waals surface area contributed by atoms with Crippen LogP contribution in [0.1, 0.15) is 63.9 Å². The molecule has 2 aliphatic heterocycles. The van der Waals surface area contributed by atoms with Crippen molar-refractivity contribution >= 4 is 17.6 Å². The Kier molecular flexibility index (Phi) is 8.80. The number of carbonyl (C=O) groups excluding carboxylic acids is 1. The first-order chi connectivity index (χ1) is 18.9. The Balaban J connectivity index is 1.09. The van der Waals surface area contributed by atoms with Gasteiger partial charge in [-0.3, -0.25) is 9.59 Å². The number of benzene rings is 1. The molecular formula is C31H43N5O3. The molecule has 1 aromatic heterocycles. The number of piperidine rings is 1. The van der Waals surface area contributed by atoms with Gasteiger partial charge in [0.2, 0.25) is 5.91 Å². The van der Waals surface area contributed by atoms with Gasteiger partial charge in [-0.15, -0.1) is 0 Å². The van der Waals surface area contributed by atoms with Crippen molar-refractivity contribution in [1.82, 2.24) is 14.9 Å². The molecule has 1 aromatic carbocycles. The van der Waals surface area contributed by atoms with Crippen molar-refractivity contribution in [3.63, 3.8) is 0 Å². The zero-order valence-electron chi connectivity index (χ0n) is 23.2. The molecule has 39 heavy (non-hydrogen) atoms. The minimum absolute atomic E-state index is 0.195. The summed E-state index contributed by atoms with van der Waals surface area (Å²) >= 11 is 0. The van der Waals surface area contributed by atoms with E-state index in [2.05, 4.69) is 21.8 Å². The van der Waals surface area contributed by atoms with Crippen LogP contribution in [0.2, 0.25) is 0 Å². The van der Waals surface area contributed by atoms with Crippen LogP contribution >= 0.6 is 0 Å². The normalized spacial score (nSPS) is 23.3. The van der Waals surface area contributed by atoms with E-state index in [-0.39, 0.29) is 19.0 Å². The van der Waals surface area contributed by atoms with Gasteiger partial charge in [-0.2, -0.15) is 0 Å². The highest BCUT2D eigenvalue weighted by molar-refractivity contribution is 5.85. The number of carboxylic acids is 1. The van der Waals surface area contributed by atoms with Gasteiger partial charge in [0, 0.05) is 31.7 Å². The van der Waals surface area contributed by atoms with E-state index in [0.29, 0.717) is 12.2 Å². The largest absolute Gasteiger partial charge is 0.481 e. The lowest BCUT2D eigenvalue weighted by atomic mass is 9.72. The van der Waals surface area contributed by atoms with Gasteiger partial charge in [0.05, 0.1) is 30.0 Å². The van der Waals surface area contributed by atoms with E-state index >= 15 is 0 Å². The van der Waals surface area contributed by atoms with E-state index in [9.17, 15) is 9.59 Å². The zero-order valence-corrected chi connectivity index (χ0v) is 23.2. The van der Waals surface area contributed by atoms with Gasteiger partial charge in [0.15, 0.2) is 5.82 Å². The predicted octanol–water partition coefficient (Wildman–Crippen LogP) is 4.38. The second-order valence-corrected chi connectivity index (χ2v) is 11.9. The van der Waals surface area contributed by atoms with Crippen LogP contribution in [-0.4, -0.2) is 64.1 Å². The molecule has 1 atom stereocenters. The molecule has 210 valence electrons. The van der Waals surface area contributed by atoms with E-state index < -0.39 is 17.9 Å². The molecule has 1 saturated carbocycles. The average molecular weight is 534 g/mol. The fourth-order valence-electron chi connectivity index (χ4n) is 6.80. The van der Waals surface area contributed by atoms with Crippen molar-refractivity contribution in [2.24, 2.45) is 29.4 Å². The monoisotopic (exact) mass is 533 g/mol. The second-order valence-electron chi connectivity index (χ2n) is 11.9. The molecule has 5 rings (SSSR count). The van der Waals surface area contributed by atoms with Crippen molar-refractivity contribution in [3.05, 3.63) is 42.2 Å². The molecular weight excluding hydrogens is 490 g/mol. The summed E-state index contributed by atoms with van der Waals surface area (Å²) in [7, 11) is 0. The van der Waals surface area contributed by atoms with E-state index in [1.165, 1.54) is 56.3 Å². The number of nitrogens with zero attached hydrogens (tertiary/aromatic N) is 4. The Morgan fingerprint density at radius 1 is 0.974 bits per heavy atom. The lowest BCUT2D eigenvalue weighted by Gasteiger charge is -2.39. The lowest BCUT2D eigenvalue weighted by molar-refractivity contribution is -0.153. The standard InChI is InChI=1S/C31H43N5O3/c1-2-3-21-4-8-23(9-5-21)24-12-14-35(15-13-24)27-17-33-29(34-18-27)25-10-6-22(7-11-25)16-28(32)30(37)36-19-26(20-36)31(38)39/h6-7,10-11,17-18,21,23-24,26,28H,2-5,8-9,12-16,19-20,32H2,1H3,(H,38,39)/t21?,23?,28-/m0/s1. The number of hydrogen-bond acceptors (Lipinski definition) is 6. The Labute approximate surface area is 232 Å². The Morgan fingerprint density at radius 2 is 1.59 bits per heavy atom. The molecule has 3 heterocycles. The van der Waals surface area contributed by atoms with Crippen LogP contribution in [-0.2, 0) is 16.0 Å². The van der Waals surface area contributed by atoms with Gasteiger partial charge in [-0.25, -0.2) is 9.97 Å². The Morgan fingerprint density at radius 3 is 2.18 bits per heavy atom. The maximum atomic E-state index is 12.5. The van der Waals surface area contributed by atoms with Crippen molar-refractivity contribution in [2.45, 2.75) is 70.8 Å². The number of aliphatic carboxylic acids is 1. The first-order valence-corrected chi connectivity index (χ1v) is 14.8. The number of likely N-dealkylation sites (tertiary alicyclic amines) is 1. The van der Waals surface area contributed by atoms with E-state index in [4.69, 9.17) is 10.8 Å².